The van der Waals surface area contributed by atoms with Gasteiger partial charge in [0.05, 0.1) is 0 Å². The van der Waals surface area contributed by atoms with Gasteiger partial charge in [-0.05, 0) is 50.5 Å². The van der Waals surface area contributed by atoms with Crippen LogP contribution in [0, 0.1) is 6.92 Å². The highest BCUT2D eigenvalue weighted by molar-refractivity contribution is 9.10. The minimum Gasteiger partial charge on any atom is -0.483 e. The zero-order valence-corrected chi connectivity index (χ0v) is 13.8. The van der Waals surface area contributed by atoms with Crippen LogP contribution in [0.1, 0.15) is 38.7 Å². The van der Waals surface area contributed by atoms with Crippen molar-refractivity contribution in [1.82, 2.24) is 5.43 Å². The Balaban J connectivity index is 2.39. The van der Waals surface area contributed by atoms with Crippen LogP contribution in [0.15, 0.2) is 27.8 Å². The van der Waals surface area contributed by atoms with Gasteiger partial charge in [0.15, 0.2) is 6.61 Å². The van der Waals surface area contributed by atoms with Crippen LogP contribution in [0.5, 0.6) is 5.75 Å². The Labute approximate surface area is 128 Å². The van der Waals surface area contributed by atoms with E-state index in [-0.39, 0.29) is 12.5 Å². The average Bonchev–Trinajstić information content (AvgIpc) is 2.41. The second-order valence-electron chi connectivity index (χ2n) is 4.68. The Morgan fingerprint density at radius 2 is 2.20 bits per heavy atom. The molecule has 1 N–H and O–H groups in total. The first-order valence-corrected chi connectivity index (χ1v) is 7.53. The molecule has 0 aromatic heterocycles. The molecule has 0 radical (unpaired) electrons. The Kier molecular flexibility index (Phi) is 7.30. The Bertz CT molecular complexity index is 487. The summed E-state index contributed by atoms with van der Waals surface area (Å²) in [5, 5.41) is 4.04. The van der Waals surface area contributed by atoms with Gasteiger partial charge >= 0.3 is 0 Å². The summed E-state index contributed by atoms with van der Waals surface area (Å²) in [4.78, 5) is 11.6. The fraction of sp³-hybridized carbons (Fsp3) is 0.467. The predicted molar refractivity (Wildman–Crippen MR) is 85.2 cm³/mol. The van der Waals surface area contributed by atoms with Crippen LogP contribution in [0.3, 0.4) is 0 Å². The lowest BCUT2D eigenvalue weighted by Gasteiger charge is -2.08. The van der Waals surface area contributed by atoms with Gasteiger partial charge in [0.1, 0.15) is 5.75 Å². The quantitative estimate of drug-likeness (QED) is 0.605. The number of benzene rings is 1. The molecule has 4 nitrogen and oxygen atoms in total. The first-order chi connectivity index (χ1) is 9.52. The monoisotopic (exact) mass is 340 g/mol. The van der Waals surface area contributed by atoms with E-state index < -0.39 is 0 Å². The van der Waals surface area contributed by atoms with Crippen molar-refractivity contribution < 1.29 is 9.53 Å². The molecule has 5 heteroatoms. The van der Waals surface area contributed by atoms with Gasteiger partial charge in [-0.3, -0.25) is 4.79 Å². The molecule has 0 bridgehead atoms. The molecular formula is C15H21BrN2O2. The molecule has 0 heterocycles. The number of hydrazone groups is 1. The van der Waals surface area contributed by atoms with Crippen LogP contribution >= 0.6 is 15.9 Å². The van der Waals surface area contributed by atoms with Crippen molar-refractivity contribution in [2.24, 2.45) is 5.10 Å². The zero-order chi connectivity index (χ0) is 15.0. The maximum Gasteiger partial charge on any atom is 0.277 e. The molecule has 1 rings (SSSR count). The van der Waals surface area contributed by atoms with E-state index in [2.05, 4.69) is 33.4 Å². The van der Waals surface area contributed by atoms with Crippen molar-refractivity contribution in [3.63, 3.8) is 0 Å². The highest BCUT2D eigenvalue weighted by Gasteiger charge is 2.04. The fourth-order valence-electron chi connectivity index (χ4n) is 1.60. The van der Waals surface area contributed by atoms with Gasteiger partial charge < -0.3 is 4.74 Å². The van der Waals surface area contributed by atoms with Crippen LogP contribution in [0.25, 0.3) is 0 Å². The second-order valence-corrected chi connectivity index (χ2v) is 5.60. The number of aryl methyl sites for hydroxylation is 1. The van der Waals surface area contributed by atoms with E-state index in [0.29, 0.717) is 5.75 Å². The number of nitrogens with zero attached hydrogens (tertiary/aromatic N) is 1. The van der Waals surface area contributed by atoms with Crippen molar-refractivity contribution in [2.75, 3.05) is 6.61 Å². The number of hydrogen-bond acceptors (Lipinski definition) is 3. The molecule has 0 fully saturated rings. The molecule has 1 aromatic rings. The molecule has 1 amide bonds. The summed E-state index contributed by atoms with van der Waals surface area (Å²) in [6, 6.07) is 5.66. The lowest BCUT2D eigenvalue weighted by atomic mass is 10.2. The van der Waals surface area contributed by atoms with Crippen LogP contribution in [0.4, 0.5) is 0 Å². The number of carbonyl (C=O) groups excluding carboxylic acids is 1. The minimum atomic E-state index is -0.247. The third-order valence-corrected chi connectivity index (χ3v) is 3.25. The molecule has 0 saturated carbocycles. The van der Waals surface area contributed by atoms with Crippen molar-refractivity contribution >= 4 is 27.5 Å². The summed E-state index contributed by atoms with van der Waals surface area (Å²) in [6.07, 6.45) is 3.11. The molecule has 110 valence electrons. The normalized spacial score (nSPS) is 11.3. The molecule has 0 unspecified atom stereocenters. The Hall–Kier alpha value is -1.36. The number of halogens is 1. The molecule has 0 aliphatic heterocycles. The standard InChI is InChI=1S/C15H21BrN2O2/c1-4-5-6-12(3)17-18-15(19)10-20-14-8-7-13(16)9-11(14)2/h7-9H,4-6,10H2,1-3H3,(H,18,19)/b17-12+. The van der Waals surface area contributed by atoms with Crippen molar-refractivity contribution in [3.8, 4) is 5.75 Å². The molecule has 20 heavy (non-hydrogen) atoms. The van der Waals surface area contributed by atoms with Crippen molar-refractivity contribution in [3.05, 3.63) is 28.2 Å². The summed E-state index contributed by atoms with van der Waals surface area (Å²) in [5.74, 6) is 0.457. The van der Waals surface area contributed by atoms with E-state index in [9.17, 15) is 4.79 Å². The summed E-state index contributed by atoms with van der Waals surface area (Å²) in [6.45, 7) is 5.94. The third kappa shape index (κ3) is 6.19. The summed E-state index contributed by atoms with van der Waals surface area (Å²) >= 11 is 3.39. The molecule has 0 aliphatic carbocycles. The second kappa shape index (κ2) is 8.74. The van der Waals surface area contributed by atoms with Crippen LogP contribution in [-0.2, 0) is 4.79 Å². The number of hydrogen-bond donors (Lipinski definition) is 1. The average molecular weight is 341 g/mol. The van der Waals surface area contributed by atoms with E-state index >= 15 is 0 Å². The molecule has 0 spiro atoms. The topological polar surface area (TPSA) is 50.7 Å². The number of amides is 1. The maximum atomic E-state index is 11.6. The van der Waals surface area contributed by atoms with Gasteiger partial charge in [0.25, 0.3) is 5.91 Å². The van der Waals surface area contributed by atoms with Gasteiger partial charge in [-0.15, -0.1) is 0 Å². The fourth-order valence-corrected chi connectivity index (χ4v) is 2.07. The van der Waals surface area contributed by atoms with Crippen LogP contribution in [-0.4, -0.2) is 18.2 Å². The maximum absolute atomic E-state index is 11.6. The predicted octanol–water partition coefficient (Wildman–Crippen LogP) is 3.82. The summed E-state index contributed by atoms with van der Waals surface area (Å²) in [5.41, 5.74) is 4.42. The molecule has 1 aromatic carbocycles. The smallest absolute Gasteiger partial charge is 0.277 e. The van der Waals surface area contributed by atoms with Crippen LogP contribution < -0.4 is 10.2 Å². The van der Waals surface area contributed by atoms with E-state index in [4.69, 9.17) is 4.74 Å². The lowest BCUT2D eigenvalue weighted by Crippen LogP contribution is -2.25. The summed E-state index contributed by atoms with van der Waals surface area (Å²) in [7, 11) is 0. The molecule has 0 saturated heterocycles. The van der Waals surface area contributed by atoms with Crippen LogP contribution in [0.2, 0.25) is 0 Å². The number of rotatable bonds is 7. The number of carbonyl (C=O) groups is 1. The first-order valence-electron chi connectivity index (χ1n) is 6.74. The molecule has 0 atom stereocenters. The largest absolute Gasteiger partial charge is 0.483 e. The van der Waals surface area contributed by atoms with Gasteiger partial charge in [-0.2, -0.15) is 5.10 Å². The first kappa shape index (κ1) is 16.7. The molecule has 0 aliphatic rings. The highest BCUT2D eigenvalue weighted by Crippen LogP contribution is 2.21. The Morgan fingerprint density at radius 1 is 1.45 bits per heavy atom. The Morgan fingerprint density at radius 3 is 2.85 bits per heavy atom. The van der Waals surface area contributed by atoms with E-state index in [1.54, 1.807) is 0 Å². The SMILES string of the molecule is CCCC/C(C)=N/NC(=O)COc1ccc(Br)cc1C. The number of unbranched alkanes of at least 4 members (excludes halogenated alkanes) is 1. The van der Waals surface area contributed by atoms with Crippen molar-refractivity contribution in [1.29, 1.82) is 0 Å². The lowest BCUT2D eigenvalue weighted by molar-refractivity contribution is -0.123. The number of nitrogens with one attached hydrogen (secondary N) is 1. The highest BCUT2D eigenvalue weighted by atomic mass is 79.9. The number of ether oxygens (including phenoxy) is 1. The zero-order valence-electron chi connectivity index (χ0n) is 12.2. The van der Waals surface area contributed by atoms with Gasteiger partial charge in [0, 0.05) is 10.2 Å². The van der Waals surface area contributed by atoms with Gasteiger partial charge in [-0.25, -0.2) is 5.43 Å². The van der Waals surface area contributed by atoms with E-state index in [1.807, 2.05) is 32.0 Å². The van der Waals surface area contributed by atoms with E-state index in [1.165, 1.54) is 0 Å². The van der Waals surface area contributed by atoms with Crippen molar-refractivity contribution in [2.45, 2.75) is 40.0 Å². The summed E-state index contributed by atoms with van der Waals surface area (Å²) < 4.78 is 6.45. The minimum absolute atomic E-state index is 0.0347. The molecular weight excluding hydrogens is 320 g/mol. The third-order valence-electron chi connectivity index (χ3n) is 2.76. The van der Waals surface area contributed by atoms with Gasteiger partial charge in [-0.1, -0.05) is 29.3 Å². The van der Waals surface area contributed by atoms with Gasteiger partial charge in [0.2, 0.25) is 0 Å². The van der Waals surface area contributed by atoms with E-state index in [0.717, 1.165) is 35.0 Å².